The van der Waals surface area contributed by atoms with E-state index in [0.29, 0.717) is 31.1 Å². The highest BCUT2D eigenvalue weighted by molar-refractivity contribution is 7.92. The predicted octanol–water partition coefficient (Wildman–Crippen LogP) is 3.09. The Morgan fingerprint density at radius 3 is 2.38 bits per heavy atom. The van der Waals surface area contributed by atoms with E-state index >= 15 is 0 Å². The maximum Gasteiger partial charge on any atom is 0.244 e. The molecule has 2 amide bonds. The van der Waals surface area contributed by atoms with Crippen molar-refractivity contribution in [1.29, 1.82) is 0 Å². The second kappa shape index (κ2) is 12.3. The van der Waals surface area contributed by atoms with Crippen LogP contribution >= 0.6 is 0 Å². The Bertz CT molecular complexity index is 1220. The number of carbonyl (C=O) groups is 2. The SMILES string of the molecule is CC[C@H](C)NC(=O)[C@@H](C)N(Cc1ccccc1F)C(=O)CN(c1ccc2c(c1)OCCO2)S(=O)(=O)CC. The summed E-state index contributed by atoms with van der Waals surface area (Å²) in [6.07, 6.45) is 0.687. The van der Waals surface area contributed by atoms with Gasteiger partial charge in [0.15, 0.2) is 11.5 Å². The van der Waals surface area contributed by atoms with Crippen molar-refractivity contribution < 1.29 is 31.9 Å². The minimum Gasteiger partial charge on any atom is -0.486 e. The van der Waals surface area contributed by atoms with Gasteiger partial charge in [0.1, 0.15) is 31.6 Å². The van der Waals surface area contributed by atoms with E-state index in [0.717, 1.165) is 4.31 Å². The first-order valence-corrected chi connectivity index (χ1v) is 13.9. The molecule has 0 fully saturated rings. The summed E-state index contributed by atoms with van der Waals surface area (Å²) in [7, 11) is -3.90. The van der Waals surface area contributed by atoms with E-state index in [1.165, 1.54) is 42.2 Å². The molecule has 0 radical (unpaired) electrons. The molecular weight excluding hydrogens is 501 g/mol. The third kappa shape index (κ3) is 6.91. The molecule has 0 bridgehead atoms. The fourth-order valence-corrected chi connectivity index (χ4v) is 4.82. The molecule has 3 rings (SSSR count). The van der Waals surface area contributed by atoms with Gasteiger partial charge in [-0.3, -0.25) is 13.9 Å². The zero-order valence-corrected chi connectivity index (χ0v) is 22.4. The van der Waals surface area contributed by atoms with Crippen LogP contribution in [0.15, 0.2) is 42.5 Å². The Labute approximate surface area is 217 Å². The first kappa shape index (κ1) is 28.2. The number of amides is 2. The van der Waals surface area contributed by atoms with Crippen molar-refractivity contribution >= 4 is 27.5 Å². The summed E-state index contributed by atoms with van der Waals surface area (Å²) in [6, 6.07) is 9.48. The zero-order chi connectivity index (χ0) is 27.2. The largest absolute Gasteiger partial charge is 0.486 e. The van der Waals surface area contributed by atoms with E-state index in [1.54, 1.807) is 19.1 Å². The minimum atomic E-state index is -3.90. The molecule has 1 aliphatic heterocycles. The number of halogens is 1. The molecule has 0 aliphatic carbocycles. The lowest BCUT2D eigenvalue weighted by atomic mass is 10.1. The third-order valence-electron chi connectivity index (χ3n) is 6.26. The number of nitrogens with zero attached hydrogens (tertiary/aromatic N) is 2. The van der Waals surface area contributed by atoms with Crippen molar-refractivity contribution in [2.45, 2.75) is 52.7 Å². The van der Waals surface area contributed by atoms with Crippen molar-refractivity contribution in [3.8, 4) is 11.5 Å². The number of carbonyl (C=O) groups excluding carboxylic acids is 2. The summed E-state index contributed by atoms with van der Waals surface area (Å²) in [5.74, 6) is -1.000. The number of sulfonamides is 1. The van der Waals surface area contributed by atoms with E-state index in [-0.39, 0.29) is 29.6 Å². The van der Waals surface area contributed by atoms with Gasteiger partial charge in [-0.15, -0.1) is 0 Å². The first-order valence-electron chi connectivity index (χ1n) is 12.3. The zero-order valence-electron chi connectivity index (χ0n) is 21.6. The Kier molecular flexibility index (Phi) is 9.36. The summed E-state index contributed by atoms with van der Waals surface area (Å²) in [5, 5.41) is 2.84. The van der Waals surface area contributed by atoms with Gasteiger partial charge < -0.3 is 19.7 Å². The van der Waals surface area contributed by atoms with Crippen molar-refractivity contribution in [2.75, 3.05) is 29.8 Å². The summed E-state index contributed by atoms with van der Waals surface area (Å²) < 4.78 is 52.7. The lowest BCUT2D eigenvalue weighted by Gasteiger charge is -2.32. The van der Waals surface area contributed by atoms with E-state index in [2.05, 4.69) is 5.32 Å². The second-order valence-corrected chi connectivity index (χ2v) is 11.0. The summed E-state index contributed by atoms with van der Waals surface area (Å²) in [5.41, 5.74) is 0.435. The molecule has 2 aromatic rings. The van der Waals surface area contributed by atoms with Crippen molar-refractivity contribution in [3.05, 3.63) is 53.8 Å². The fraction of sp³-hybridized carbons (Fsp3) is 0.462. The van der Waals surface area contributed by atoms with Gasteiger partial charge in [0.2, 0.25) is 21.8 Å². The second-order valence-electron chi connectivity index (χ2n) is 8.84. The highest BCUT2D eigenvalue weighted by Gasteiger charge is 2.32. The molecule has 9 nitrogen and oxygen atoms in total. The molecule has 0 aromatic heterocycles. The number of hydrogen-bond acceptors (Lipinski definition) is 6. The van der Waals surface area contributed by atoms with Crippen LogP contribution in [0.3, 0.4) is 0 Å². The molecule has 1 N–H and O–H groups in total. The highest BCUT2D eigenvalue weighted by atomic mass is 32.2. The predicted molar refractivity (Wildman–Crippen MR) is 139 cm³/mol. The summed E-state index contributed by atoms with van der Waals surface area (Å²) in [4.78, 5) is 27.8. The topological polar surface area (TPSA) is 105 Å². The lowest BCUT2D eigenvalue weighted by molar-refractivity contribution is -0.139. The number of rotatable bonds is 11. The molecule has 0 saturated heterocycles. The number of nitrogens with one attached hydrogen (secondary N) is 1. The van der Waals surface area contributed by atoms with Gasteiger partial charge >= 0.3 is 0 Å². The van der Waals surface area contributed by atoms with Gasteiger partial charge in [0.05, 0.1) is 11.4 Å². The van der Waals surface area contributed by atoms with Crippen molar-refractivity contribution in [3.63, 3.8) is 0 Å². The van der Waals surface area contributed by atoms with Crippen LogP contribution in [0.4, 0.5) is 10.1 Å². The average Bonchev–Trinajstić information content (AvgIpc) is 2.90. The highest BCUT2D eigenvalue weighted by Crippen LogP contribution is 2.35. The standard InChI is InChI=1S/C26H34FN3O6S/c1-5-18(3)28-26(32)19(4)29(16-20-9-7-8-10-22(20)27)25(31)17-30(37(33,34)6-2)21-11-12-23-24(15-21)36-14-13-35-23/h7-12,15,18-19H,5-6,13-14,16-17H2,1-4H3,(H,28,32)/t18-,19+/m0/s1. The molecule has 1 aliphatic rings. The monoisotopic (exact) mass is 535 g/mol. The van der Waals surface area contributed by atoms with Crippen LogP contribution < -0.4 is 19.1 Å². The third-order valence-corrected chi connectivity index (χ3v) is 8.00. The van der Waals surface area contributed by atoms with Crippen molar-refractivity contribution in [2.24, 2.45) is 0 Å². The van der Waals surface area contributed by atoms with Crippen LogP contribution in [0, 0.1) is 5.82 Å². The molecular formula is C26H34FN3O6S. The van der Waals surface area contributed by atoms with Crippen LogP contribution in [0.5, 0.6) is 11.5 Å². The van der Waals surface area contributed by atoms with Crippen LogP contribution in [0.2, 0.25) is 0 Å². The Morgan fingerprint density at radius 2 is 1.73 bits per heavy atom. The number of ether oxygens (including phenoxy) is 2. The summed E-state index contributed by atoms with van der Waals surface area (Å²) in [6.45, 7) is 6.68. The molecule has 0 saturated carbocycles. The van der Waals surface area contributed by atoms with Crippen LogP contribution in [-0.4, -0.2) is 62.7 Å². The van der Waals surface area contributed by atoms with Crippen molar-refractivity contribution in [1.82, 2.24) is 10.2 Å². The number of anilines is 1. The molecule has 0 spiro atoms. The molecule has 2 aromatic carbocycles. The van der Waals surface area contributed by atoms with Crippen LogP contribution in [0.25, 0.3) is 0 Å². The molecule has 202 valence electrons. The average molecular weight is 536 g/mol. The molecule has 2 atom stereocenters. The summed E-state index contributed by atoms with van der Waals surface area (Å²) >= 11 is 0. The quantitative estimate of drug-likeness (QED) is 0.474. The Morgan fingerprint density at radius 1 is 1.05 bits per heavy atom. The van der Waals surface area contributed by atoms with Crippen LogP contribution in [0.1, 0.15) is 39.7 Å². The van der Waals surface area contributed by atoms with Gasteiger partial charge in [-0.2, -0.15) is 0 Å². The van der Waals surface area contributed by atoms with E-state index in [9.17, 15) is 22.4 Å². The minimum absolute atomic E-state index is 0.130. The van der Waals surface area contributed by atoms with Gasteiger partial charge in [-0.25, -0.2) is 12.8 Å². The molecule has 1 heterocycles. The van der Waals surface area contributed by atoms with Crippen LogP contribution in [-0.2, 0) is 26.2 Å². The number of fused-ring (bicyclic) bond motifs is 1. The van der Waals surface area contributed by atoms with E-state index in [4.69, 9.17) is 9.47 Å². The first-order chi connectivity index (χ1) is 17.6. The fourth-order valence-electron chi connectivity index (χ4n) is 3.77. The Hall–Kier alpha value is -3.34. The normalized spacial score (nSPS) is 14.4. The molecule has 11 heteroatoms. The number of hydrogen-bond donors (Lipinski definition) is 1. The van der Waals surface area contributed by atoms with E-state index in [1.807, 2.05) is 13.8 Å². The number of benzene rings is 2. The molecule has 0 unspecified atom stereocenters. The van der Waals surface area contributed by atoms with Gasteiger partial charge in [-0.05, 0) is 45.4 Å². The van der Waals surface area contributed by atoms with Gasteiger partial charge in [-0.1, -0.05) is 25.1 Å². The smallest absolute Gasteiger partial charge is 0.244 e. The Balaban J connectivity index is 1.95. The molecule has 37 heavy (non-hydrogen) atoms. The van der Waals surface area contributed by atoms with Gasteiger partial charge in [0, 0.05) is 24.2 Å². The van der Waals surface area contributed by atoms with E-state index < -0.39 is 40.2 Å². The maximum atomic E-state index is 14.5. The lowest BCUT2D eigenvalue weighted by Crippen LogP contribution is -2.52. The maximum absolute atomic E-state index is 14.5. The van der Waals surface area contributed by atoms with Gasteiger partial charge in [0.25, 0.3) is 0 Å².